The van der Waals surface area contributed by atoms with Crippen molar-refractivity contribution >= 4 is 42.3 Å². The van der Waals surface area contributed by atoms with Gasteiger partial charge in [-0.3, -0.25) is 0 Å². The normalized spacial score (nSPS) is 11.1. The summed E-state index contributed by atoms with van der Waals surface area (Å²) in [5.41, 5.74) is 10.5. The highest BCUT2D eigenvalue weighted by molar-refractivity contribution is 14.1. The maximum atomic E-state index is 11.4. The molecule has 1 aromatic carbocycles. The van der Waals surface area contributed by atoms with Crippen LogP contribution < -0.4 is 0 Å². The molecule has 0 aliphatic rings. The van der Waals surface area contributed by atoms with E-state index in [1.165, 1.54) is 6.07 Å². The average Bonchev–Trinajstić information content (AvgIpc) is 2.23. The Morgan fingerprint density at radius 2 is 2.06 bits per heavy atom. The molecule has 0 aliphatic carbocycles. The van der Waals surface area contributed by atoms with E-state index < -0.39 is 9.05 Å². The predicted molar refractivity (Wildman–Crippen MR) is 74.5 cm³/mol. The first-order valence-electron chi connectivity index (χ1n) is 4.53. The lowest BCUT2D eigenvalue weighted by Gasteiger charge is -2.12. The van der Waals surface area contributed by atoms with Crippen molar-refractivity contribution in [2.45, 2.75) is 25.3 Å². The number of hydrogen-bond acceptors (Lipinski definition) is 3. The maximum absolute atomic E-state index is 11.4. The van der Waals surface area contributed by atoms with E-state index in [0.717, 1.165) is 9.13 Å². The molecule has 0 spiro atoms. The summed E-state index contributed by atoms with van der Waals surface area (Å²) in [6, 6.07) is 1.46. The van der Waals surface area contributed by atoms with Crippen molar-refractivity contribution in [1.82, 2.24) is 0 Å². The highest BCUT2D eigenvalue weighted by atomic mass is 127. The molecule has 0 heterocycles. The van der Waals surface area contributed by atoms with Crippen LogP contribution in [0.4, 0.5) is 0 Å². The first-order valence-corrected chi connectivity index (χ1v) is 7.92. The minimum atomic E-state index is -3.79. The van der Waals surface area contributed by atoms with Gasteiger partial charge in [-0.2, -0.15) is 0 Å². The highest BCUT2D eigenvalue weighted by Gasteiger charge is 2.18. The Morgan fingerprint density at radius 1 is 1.47 bits per heavy atom. The van der Waals surface area contributed by atoms with Gasteiger partial charge in [-0.25, -0.2) is 8.42 Å². The number of benzene rings is 1. The van der Waals surface area contributed by atoms with Gasteiger partial charge in [-0.1, -0.05) is 5.11 Å². The van der Waals surface area contributed by atoms with E-state index in [1.807, 2.05) is 6.92 Å². The van der Waals surface area contributed by atoms with Gasteiger partial charge in [0.05, 0.1) is 11.4 Å². The maximum Gasteiger partial charge on any atom is 0.261 e. The van der Waals surface area contributed by atoms with Crippen LogP contribution in [-0.4, -0.2) is 8.42 Å². The van der Waals surface area contributed by atoms with Crippen LogP contribution in [0.2, 0.25) is 0 Å². The van der Waals surface area contributed by atoms with Crippen LogP contribution in [-0.2, 0) is 15.6 Å². The van der Waals surface area contributed by atoms with Gasteiger partial charge in [0, 0.05) is 19.2 Å². The van der Waals surface area contributed by atoms with Gasteiger partial charge in [-0.15, -0.1) is 0 Å². The monoisotopic (exact) mass is 385 g/mol. The molecule has 0 atom stereocenters. The quantitative estimate of drug-likeness (QED) is 0.262. The van der Waals surface area contributed by atoms with Crippen molar-refractivity contribution in [3.63, 3.8) is 0 Å². The first kappa shape index (κ1) is 14.6. The Kier molecular flexibility index (Phi) is 4.65. The molecule has 1 aromatic rings. The summed E-state index contributed by atoms with van der Waals surface area (Å²) in [7, 11) is 1.57. The molecule has 0 N–H and O–H groups in total. The van der Waals surface area contributed by atoms with Gasteiger partial charge in [0.15, 0.2) is 0 Å². The summed E-state index contributed by atoms with van der Waals surface area (Å²) in [4.78, 5) is 2.72. The zero-order valence-electron chi connectivity index (χ0n) is 9.11. The number of halogens is 2. The van der Waals surface area contributed by atoms with Gasteiger partial charge >= 0.3 is 0 Å². The molecule has 8 heteroatoms. The molecular formula is C9H9ClIN3O2S. The number of hydrogen-bond donors (Lipinski definition) is 0. The number of azide groups is 1. The highest BCUT2D eigenvalue weighted by Crippen LogP contribution is 2.29. The molecule has 0 radical (unpaired) electrons. The van der Waals surface area contributed by atoms with Gasteiger partial charge in [0.25, 0.3) is 9.05 Å². The molecule has 1 rings (SSSR count). The van der Waals surface area contributed by atoms with Crippen LogP contribution in [0, 0.1) is 17.4 Å². The van der Waals surface area contributed by atoms with Gasteiger partial charge in [-0.05, 0) is 64.7 Å². The molecule has 0 saturated heterocycles. The van der Waals surface area contributed by atoms with Crippen molar-refractivity contribution in [3.8, 4) is 0 Å². The Balaban J connectivity index is 3.55. The minimum Gasteiger partial charge on any atom is -0.207 e. The second-order valence-electron chi connectivity index (χ2n) is 3.42. The van der Waals surface area contributed by atoms with E-state index in [4.69, 9.17) is 16.2 Å². The van der Waals surface area contributed by atoms with Crippen LogP contribution in [0.5, 0.6) is 0 Å². The fraction of sp³-hybridized carbons (Fsp3) is 0.333. The summed E-state index contributed by atoms with van der Waals surface area (Å²) < 4.78 is 23.6. The van der Waals surface area contributed by atoms with E-state index in [-0.39, 0.29) is 11.4 Å². The van der Waals surface area contributed by atoms with E-state index in [0.29, 0.717) is 11.1 Å². The molecule has 0 bridgehead atoms. The minimum absolute atomic E-state index is 0.0670. The predicted octanol–water partition coefficient (Wildman–Crippen LogP) is 3.65. The Hall–Kier alpha value is -0.500. The lowest BCUT2D eigenvalue weighted by atomic mass is 10.1. The summed E-state index contributed by atoms with van der Waals surface area (Å²) in [5.74, 6) is 0. The van der Waals surface area contributed by atoms with Gasteiger partial charge in [0.2, 0.25) is 0 Å². The Bertz CT molecular complexity index is 609. The van der Waals surface area contributed by atoms with Crippen LogP contribution in [0.1, 0.15) is 16.7 Å². The molecule has 92 valence electrons. The van der Waals surface area contributed by atoms with Crippen LogP contribution in [0.15, 0.2) is 16.1 Å². The molecule has 0 amide bonds. The number of nitrogens with zero attached hydrogens (tertiary/aromatic N) is 3. The van der Waals surface area contributed by atoms with Crippen LogP contribution in [0.25, 0.3) is 10.4 Å². The lowest BCUT2D eigenvalue weighted by Crippen LogP contribution is -2.02. The second kappa shape index (κ2) is 5.43. The molecule has 0 aromatic heterocycles. The largest absolute Gasteiger partial charge is 0.261 e. The summed E-state index contributed by atoms with van der Waals surface area (Å²) >= 11 is 2.05. The molecule has 0 saturated carbocycles. The van der Waals surface area contributed by atoms with E-state index in [2.05, 4.69) is 32.6 Å². The Morgan fingerprint density at radius 3 is 2.53 bits per heavy atom. The molecule has 5 nitrogen and oxygen atoms in total. The Labute approximate surface area is 117 Å². The zero-order chi connectivity index (χ0) is 13.2. The topological polar surface area (TPSA) is 82.9 Å². The zero-order valence-corrected chi connectivity index (χ0v) is 12.8. The van der Waals surface area contributed by atoms with E-state index in [1.54, 1.807) is 6.92 Å². The third-order valence-corrected chi connectivity index (χ3v) is 5.45. The summed E-state index contributed by atoms with van der Waals surface area (Å²) in [6.07, 6.45) is 0. The fourth-order valence-electron chi connectivity index (χ4n) is 1.43. The van der Waals surface area contributed by atoms with Crippen molar-refractivity contribution < 1.29 is 8.42 Å². The lowest BCUT2D eigenvalue weighted by molar-refractivity contribution is 0.608. The van der Waals surface area contributed by atoms with Gasteiger partial charge in [0.1, 0.15) is 0 Å². The first-order chi connectivity index (χ1) is 7.79. The smallest absolute Gasteiger partial charge is 0.207 e. The third-order valence-electron chi connectivity index (χ3n) is 2.38. The van der Waals surface area contributed by atoms with Crippen LogP contribution >= 0.6 is 33.3 Å². The van der Waals surface area contributed by atoms with Crippen molar-refractivity contribution in [1.29, 1.82) is 0 Å². The molecule has 17 heavy (non-hydrogen) atoms. The summed E-state index contributed by atoms with van der Waals surface area (Å²) in [5, 5.41) is 3.44. The van der Waals surface area contributed by atoms with E-state index in [9.17, 15) is 8.42 Å². The van der Waals surface area contributed by atoms with Crippen molar-refractivity contribution in [2.24, 2.45) is 5.11 Å². The van der Waals surface area contributed by atoms with Crippen molar-refractivity contribution in [3.05, 3.63) is 36.8 Å². The fourth-order valence-corrected chi connectivity index (χ4v) is 3.48. The van der Waals surface area contributed by atoms with Crippen LogP contribution in [0.3, 0.4) is 0 Å². The number of rotatable bonds is 3. The van der Waals surface area contributed by atoms with Gasteiger partial charge < -0.3 is 0 Å². The molecular weight excluding hydrogens is 377 g/mol. The average molecular weight is 386 g/mol. The standard InChI is InChI=1S/C9H9ClIN3O2S/c1-5-7(4-13-14-12)3-8(17(10,15)16)6(2)9(5)11/h3H,4H2,1-2H3. The third kappa shape index (κ3) is 3.25. The SMILES string of the molecule is Cc1c(CN=[N+]=[N-])cc(S(=O)(=O)Cl)c(C)c1I. The molecule has 0 unspecified atom stereocenters. The molecule has 0 fully saturated rings. The second-order valence-corrected chi connectivity index (χ2v) is 7.04. The van der Waals surface area contributed by atoms with E-state index >= 15 is 0 Å². The molecule has 0 aliphatic heterocycles. The summed E-state index contributed by atoms with van der Waals surface area (Å²) in [6.45, 7) is 3.65. The van der Waals surface area contributed by atoms with Crippen molar-refractivity contribution in [2.75, 3.05) is 0 Å².